The molecular formula is C10H15ClN2O2. The van der Waals surface area contributed by atoms with E-state index < -0.39 is 0 Å². The van der Waals surface area contributed by atoms with Crippen LogP contribution in [0.15, 0.2) is 16.7 Å². The van der Waals surface area contributed by atoms with E-state index in [1.807, 2.05) is 0 Å². The molecule has 0 spiro atoms. The van der Waals surface area contributed by atoms with Crippen LogP contribution in [0.3, 0.4) is 0 Å². The van der Waals surface area contributed by atoms with Gasteiger partial charge in [0.05, 0.1) is 11.8 Å². The van der Waals surface area contributed by atoms with E-state index in [4.69, 9.17) is 16.0 Å². The highest BCUT2D eigenvalue weighted by Gasteiger charge is 2.11. The molecule has 0 radical (unpaired) electrons. The lowest BCUT2D eigenvalue weighted by atomic mass is 10.3. The van der Waals surface area contributed by atoms with Crippen molar-refractivity contribution in [3.05, 3.63) is 23.1 Å². The van der Waals surface area contributed by atoms with Gasteiger partial charge in [0.15, 0.2) is 0 Å². The summed E-state index contributed by atoms with van der Waals surface area (Å²) >= 11 is 5.65. The molecule has 0 saturated heterocycles. The van der Waals surface area contributed by atoms with Gasteiger partial charge in [-0.15, -0.1) is 0 Å². The summed E-state index contributed by atoms with van der Waals surface area (Å²) in [5.74, 6) is -0.202. The van der Waals surface area contributed by atoms with Gasteiger partial charge in [0.2, 0.25) is 5.22 Å². The van der Waals surface area contributed by atoms with Crippen LogP contribution in [-0.4, -0.2) is 25.5 Å². The SMILES string of the molecule is CCCNCCNC(=O)c1ccoc1Cl. The van der Waals surface area contributed by atoms with Crippen molar-refractivity contribution in [2.24, 2.45) is 0 Å². The third-order valence-corrected chi connectivity index (χ3v) is 2.17. The Bertz CT molecular complexity index is 312. The largest absolute Gasteiger partial charge is 0.452 e. The van der Waals surface area contributed by atoms with E-state index in [1.54, 1.807) is 6.07 Å². The minimum atomic E-state index is -0.202. The summed E-state index contributed by atoms with van der Waals surface area (Å²) in [7, 11) is 0. The van der Waals surface area contributed by atoms with Crippen molar-refractivity contribution >= 4 is 17.5 Å². The minimum absolute atomic E-state index is 0.133. The van der Waals surface area contributed by atoms with Crippen molar-refractivity contribution in [3.8, 4) is 0 Å². The van der Waals surface area contributed by atoms with Gasteiger partial charge in [-0.1, -0.05) is 6.92 Å². The highest BCUT2D eigenvalue weighted by molar-refractivity contribution is 6.32. The van der Waals surface area contributed by atoms with Gasteiger partial charge in [-0.3, -0.25) is 4.79 Å². The fraction of sp³-hybridized carbons (Fsp3) is 0.500. The number of furan rings is 1. The molecule has 0 atom stereocenters. The quantitative estimate of drug-likeness (QED) is 0.731. The Kier molecular flexibility index (Phi) is 5.21. The minimum Gasteiger partial charge on any atom is -0.452 e. The summed E-state index contributed by atoms with van der Waals surface area (Å²) in [6.45, 7) is 4.40. The average molecular weight is 231 g/mol. The topological polar surface area (TPSA) is 54.3 Å². The standard InChI is InChI=1S/C10H15ClN2O2/c1-2-4-12-5-6-13-10(14)8-3-7-15-9(8)11/h3,7,12H,2,4-6H2,1H3,(H,13,14). The van der Waals surface area contributed by atoms with Gasteiger partial charge in [-0.2, -0.15) is 0 Å². The van der Waals surface area contributed by atoms with Crippen LogP contribution in [0.1, 0.15) is 23.7 Å². The van der Waals surface area contributed by atoms with Crippen molar-refractivity contribution in [3.63, 3.8) is 0 Å². The average Bonchev–Trinajstić information content (AvgIpc) is 2.64. The van der Waals surface area contributed by atoms with Crippen LogP contribution < -0.4 is 10.6 Å². The molecular weight excluding hydrogens is 216 g/mol. The molecule has 1 amide bonds. The van der Waals surface area contributed by atoms with Crippen molar-refractivity contribution in [2.75, 3.05) is 19.6 Å². The lowest BCUT2D eigenvalue weighted by Crippen LogP contribution is -2.32. The van der Waals surface area contributed by atoms with Crippen LogP contribution in [0, 0.1) is 0 Å². The maximum atomic E-state index is 11.5. The number of rotatable bonds is 6. The molecule has 0 bridgehead atoms. The number of halogens is 1. The van der Waals surface area contributed by atoms with Crippen LogP contribution in [0.25, 0.3) is 0 Å². The van der Waals surface area contributed by atoms with Crippen LogP contribution >= 0.6 is 11.6 Å². The smallest absolute Gasteiger partial charge is 0.256 e. The highest BCUT2D eigenvalue weighted by atomic mass is 35.5. The monoisotopic (exact) mass is 230 g/mol. The summed E-state index contributed by atoms with van der Waals surface area (Å²) in [5, 5.41) is 6.05. The molecule has 1 rings (SSSR count). The molecule has 0 aliphatic carbocycles. The van der Waals surface area contributed by atoms with E-state index in [1.165, 1.54) is 6.26 Å². The van der Waals surface area contributed by atoms with Gasteiger partial charge in [-0.05, 0) is 30.6 Å². The Balaban J connectivity index is 2.22. The van der Waals surface area contributed by atoms with E-state index in [9.17, 15) is 4.79 Å². The van der Waals surface area contributed by atoms with Crippen LogP contribution in [0.2, 0.25) is 5.22 Å². The Morgan fingerprint density at radius 2 is 2.27 bits per heavy atom. The van der Waals surface area contributed by atoms with Gasteiger partial charge in [0.1, 0.15) is 0 Å². The van der Waals surface area contributed by atoms with Crippen molar-refractivity contribution in [2.45, 2.75) is 13.3 Å². The lowest BCUT2D eigenvalue weighted by Gasteiger charge is -2.04. The van der Waals surface area contributed by atoms with E-state index in [0.717, 1.165) is 19.5 Å². The highest BCUT2D eigenvalue weighted by Crippen LogP contribution is 2.15. The van der Waals surface area contributed by atoms with Gasteiger partial charge in [0.25, 0.3) is 5.91 Å². The number of carbonyl (C=O) groups is 1. The van der Waals surface area contributed by atoms with Crippen LogP contribution in [0.4, 0.5) is 0 Å². The third-order valence-electron chi connectivity index (χ3n) is 1.88. The molecule has 15 heavy (non-hydrogen) atoms. The van der Waals surface area contributed by atoms with Crippen molar-refractivity contribution in [1.29, 1.82) is 0 Å². The molecule has 5 heteroatoms. The zero-order chi connectivity index (χ0) is 11.1. The molecule has 0 unspecified atom stereocenters. The summed E-state index contributed by atoms with van der Waals surface area (Å²) in [5.41, 5.74) is 0.382. The first-order valence-electron chi connectivity index (χ1n) is 4.97. The normalized spacial score (nSPS) is 10.3. The molecule has 0 aromatic carbocycles. The molecule has 84 valence electrons. The molecule has 1 heterocycles. The molecule has 4 nitrogen and oxygen atoms in total. The molecule has 0 aliphatic rings. The number of carbonyl (C=O) groups excluding carboxylic acids is 1. The first kappa shape index (κ1) is 12.1. The number of nitrogens with one attached hydrogen (secondary N) is 2. The second-order valence-corrected chi connectivity index (χ2v) is 3.46. The number of amides is 1. The first-order chi connectivity index (χ1) is 7.25. The van der Waals surface area contributed by atoms with E-state index >= 15 is 0 Å². The van der Waals surface area contributed by atoms with E-state index in [-0.39, 0.29) is 11.1 Å². The molecule has 0 aliphatic heterocycles. The molecule has 1 aromatic heterocycles. The molecule has 0 fully saturated rings. The molecule has 0 saturated carbocycles. The number of hydrogen-bond donors (Lipinski definition) is 2. The predicted octanol–water partition coefficient (Wildman–Crippen LogP) is 1.66. The van der Waals surface area contributed by atoms with Gasteiger partial charge in [-0.25, -0.2) is 0 Å². The maximum Gasteiger partial charge on any atom is 0.256 e. The Morgan fingerprint density at radius 3 is 2.87 bits per heavy atom. The Hall–Kier alpha value is -1.00. The van der Waals surface area contributed by atoms with Gasteiger partial charge in [0, 0.05) is 13.1 Å². The Labute approximate surface area is 94.0 Å². The van der Waals surface area contributed by atoms with Crippen LogP contribution in [-0.2, 0) is 0 Å². The summed E-state index contributed by atoms with van der Waals surface area (Å²) < 4.78 is 4.82. The summed E-state index contributed by atoms with van der Waals surface area (Å²) in [6, 6.07) is 1.55. The zero-order valence-electron chi connectivity index (χ0n) is 8.68. The lowest BCUT2D eigenvalue weighted by molar-refractivity contribution is 0.0953. The second-order valence-electron chi connectivity index (χ2n) is 3.11. The Morgan fingerprint density at radius 1 is 1.47 bits per heavy atom. The fourth-order valence-electron chi connectivity index (χ4n) is 1.12. The fourth-order valence-corrected chi connectivity index (χ4v) is 1.32. The van der Waals surface area contributed by atoms with Crippen LogP contribution in [0.5, 0.6) is 0 Å². The second kappa shape index (κ2) is 6.48. The molecule has 2 N–H and O–H groups in total. The zero-order valence-corrected chi connectivity index (χ0v) is 9.43. The van der Waals surface area contributed by atoms with Gasteiger partial charge < -0.3 is 15.1 Å². The van der Waals surface area contributed by atoms with E-state index in [2.05, 4.69) is 17.6 Å². The van der Waals surface area contributed by atoms with Crippen molar-refractivity contribution < 1.29 is 9.21 Å². The summed E-state index contributed by atoms with van der Waals surface area (Å²) in [4.78, 5) is 11.5. The van der Waals surface area contributed by atoms with Crippen molar-refractivity contribution in [1.82, 2.24) is 10.6 Å². The van der Waals surface area contributed by atoms with Gasteiger partial charge >= 0.3 is 0 Å². The summed E-state index contributed by atoms with van der Waals surface area (Å²) in [6.07, 6.45) is 2.48. The maximum absolute atomic E-state index is 11.5. The predicted molar refractivity (Wildman–Crippen MR) is 59.2 cm³/mol. The third kappa shape index (κ3) is 3.93. The first-order valence-corrected chi connectivity index (χ1v) is 5.35. The molecule has 1 aromatic rings. The number of hydrogen-bond acceptors (Lipinski definition) is 3. The van der Waals surface area contributed by atoms with E-state index in [0.29, 0.717) is 12.1 Å².